The van der Waals surface area contributed by atoms with E-state index in [4.69, 9.17) is 16.3 Å². The number of piperazine rings is 1. The van der Waals surface area contributed by atoms with Gasteiger partial charge in [0.05, 0.1) is 13.2 Å². The number of aromatic nitrogens is 2. The summed E-state index contributed by atoms with van der Waals surface area (Å²) >= 11 is 5.64. The Labute approximate surface area is 121 Å². The predicted molar refractivity (Wildman–Crippen MR) is 72.3 cm³/mol. The second-order valence-corrected chi connectivity index (χ2v) is 4.73. The molecule has 2 rings (SSSR count). The SMILES string of the molecule is CCOC(=O)CN1CCN(c2ncnc(Cl)c2F)CC1. The summed E-state index contributed by atoms with van der Waals surface area (Å²) in [5.74, 6) is -0.633. The van der Waals surface area contributed by atoms with Gasteiger partial charge in [0, 0.05) is 26.2 Å². The minimum atomic E-state index is -0.604. The number of anilines is 1. The van der Waals surface area contributed by atoms with Crippen molar-refractivity contribution in [2.24, 2.45) is 0 Å². The van der Waals surface area contributed by atoms with E-state index in [1.54, 1.807) is 11.8 Å². The molecule has 0 radical (unpaired) electrons. The van der Waals surface area contributed by atoms with Gasteiger partial charge < -0.3 is 9.64 Å². The van der Waals surface area contributed by atoms with Gasteiger partial charge >= 0.3 is 5.97 Å². The molecular formula is C12H16ClFN4O2. The van der Waals surface area contributed by atoms with E-state index in [9.17, 15) is 9.18 Å². The summed E-state index contributed by atoms with van der Waals surface area (Å²) in [6.45, 7) is 4.84. The van der Waals surface area contributed by atoms with E-state index in [1.807, 2.05) is 4.90 Å². The lowest BCUT2D eigenvalue weighted by Crippen LogP contribution is -2.48. The summed E-state index contributed by atoms with van der Waals surface area (Å²) in [7, 11) is 0. The third kappa shape index (κ3) is 3.55. The van der Waals surface area contributed by atoms with Gasteiger partial charge in [-0.1, -0.05) is 11.6 Å². The van der Waals surface area contributed by atoms with Crippen LogP contribution in [-0.4, -0.2) is 60.2 Å². The fourth-order valence-electron chi connectivity index (χ4n) is 2.07. The normalized spacial score (nSPS) is 16.2. The second-order valence-electron chi connectivity index (χ2n) is 4.37. The van der Waals surface area contributed by atoms with E-state index in [0.717, 1.165) is 0 Å². The molecule has 8 heteroatoms. The van der Waals surface area contributed by atoms with E-state index in [0.29, 0.717) is 32.8 Å². The van der Waals surface area contributed by atoms with Gasteiger partial charge in [0.1, 0.15) is 6.33 Å². The van der Waals surface area contributed by atoms with Crippen LogP contribution in [0.1, 0.15) is 6.92 Å². The molecule has 0 N–H and O–H groups in total. The van der Waals surface area contributed by atoms with Gasteiger partial charge in [0.2, 0.25) is 5.82 Å². The lowest BCUT2D eigenvalue weighted by molar-refractivity contribution is -0.144. The number of rotatable bonds is 4. The average molecular weight is 303 g/mol. The Hall–Kier alpha value is -1.47. The Bertz CT molecular complexity index is 481. The minimum Gasteiger partial charge on any atom is -0.465 e. The molecule has 1 aliphatic heterocycles. The van der Waals surface area contributed by atoms with Crippen molar-refractivity contribution in [1.82, 2.24) is 14.9 Å². The van der Waals surface area contributed by atoms with Crippen LogP contribution in [-0.2, 0) is 9.53 Å². The molecule has 1 aliphatic rings. The molecule has 0 unspecified atom stereocenters. The molecule has 0 bridgehead atoms. The summed E-state index contributed by atoms with van der Waals surface area (Å²) in [5, 5.41) is -0.177. The van der Waals surface area contributed by atoms with Gasteiger partial charge in [-0.25, -0.2) is 9.97 Å². The summed E-state index contributed by atoms with van der Waals surface area (Å²) in [6.07, 6.45) is 1.24. The monoisotopic (exact) mass is 302 g/mol. The molecule has 0 saturated carbocycles. The number of carbonyl (C=O) groups is 1. The van der Waals surface area contributed by atoms with Crippen molar-refractivity contribution in [2.75, 3.05) is 44.2 Å². The molecule has 0 spiro atoms. The number of ether oxygens (including phenoxy) is 1. The molecule has 1 saturated heterocycles. The molecule has 2 heterocycles. The zero-order valence-electron chi connectivity index (χ0n) is 11.2. The Morgan fingerprint density at radius 3 is 2.75 bits per heavy atom. The summed E-state index contributed by atoms with van der Waals surface area (Å²) in [6, 6.07) is 0. The molecule has 0 atom stereocenters. The number of hydrogen-bond acceptors (Lipinski definition) is 6. The Morgan fingerprint density at radius 2 is 2.10 bits per heavy atom. The molecule has 110 valence electrons. The third-order valence-corrected chi connectivity index (χ3v) is 3.32. The van der Waals surface area contributed by atoms with E-state index in [-0.39, 0.29) is 23.5 Å². The fourth-order valence-corrected chi connectivity index (χ4v) is 2.20. The molecule has 0 aromatic carbocycles. The van der Waals surface area contributed by atoms with E-state index >= 15 is 0 Å². The van der Waals surface area contributed by atoms with Crippen LogP contribution in [0.15, 0.2) is 6.33 Å². The highest BCUT2D eigenvalue weighted by molar-refractivity contribution is 6.29. The first kappa shape index (κ1) is 14.9. The largest absolute Gasteiger partial charge is 0.465 e. The zero-order chi connectivity index (χ0) is 14.5. The average Bonchev–Trinajstić information content (AvgIpc) is 2.43. The Balaban J connectivity index is 1.91. The van der Waals surface area contributed by atoms with Crippen LogP contribution in [0.4, 0.5) is 10.2 Å². The fraction of sp³-hybridized carbons (Fsp3) is 0.583. The van der Waals surface area contributed by atoms with Crippen LogP contribution < -0.4 is 4.90 Å². The summed E-state index contributed by atoms with van der Waals surface area (Å²) in [4.78, 5) is 22.7. The van der Waals surface area contributed by atoms with Crippen LogP contribution in [0, 0.1) is 5.82 Å². The standard InChI is InChI=1S/C12H16ClFN4O2/c1-2-20-9(19)7-17-3-5-18(6-4-17)12-10(14)11(13)15-8-16-12/h8H,2-7H2,1H3. The minimum absolute atomic E-state index is 0.177. The maximum atomic E-state index is 13.8. The molecule has 1 aromatic rings. The Morgan fingerprint density at radius 1 is 1.40 bits per heavy atom. The number of hydrogen-bond donors (Lipinski definition) is 0. The summed E-state index contributed by atoms with van der Waals surface area (Å²) in [5.41, 5.74) is 0. The van der Waals surface area contributed by atoms with E-state index in [2.05, 4.69) is 9.97 Å². The molecule has 0 amide bonds. The van der Waals surface area contributed by atoms with Crippen LogP contribution in [0.5, 0.6) is 0 Å². The van der Waals surface area contributed by atoms with Gasteiger partial charge in [0.15, 0.2) is 11.0 Å². The van der Waals surface area contributed by atoms with Crippen LogP contribution in [0.25, 0.3) is 0 Å². The zero-order valence-corrected chi connectivity index (χ0v) is 11.9. The molecule has 20 heavy (non-hydrogen) atoms. The molecular weight excluding hydrogens is 287 g/mol. The maximum absolute atomic E-state index is 13.8. The van der Waals surface area contributed by atoms with Crippen LogP contribution in [0.3, 0.4) is 0 Å². The van der Waals surface area contributed by atoms with Crippen molar-refractivity contribution in [3.8, 4) is 0 Å². The third-order valence-electron chi connectivity index (χ3n) is 3.06. The van der Waals surface area contributed by atoms with Gasteiger partial charge in [-0.2, -0.15) is 4.39 Å². The number of nitrogens with zero attached hydrogens (tertiary/aromatic N) is 4. The molecule has 1 aromatic heterocycles. The maximum Gasteiger partial charge on any atom is 0.320 e. The van der Waals surface area contributed by atoms with Crippen LogP contribution >= 0.6 is 11.6 Å². The molecule has 1 fully saturated rings. The Kier molecular flexibility index (Phi) is 5.08. The number of esters is 1. The first-order valence-corrected chi connectivity index (χ1v) is 6.78. The number of halogens is 2. The van der Waals surface area contributed by atoms with Gasteiger partial charge in [-0.05, 0) is 6.92 Å². The van der Waals surface area contributed by atoms with E-state index in [1.165, 1.54) is 6.33 Å². The van der Waals surface area contributed by atoms with Crippen molar-refractivity contribution in [2.45, 2.75) is 6.92 Å². The van der Waals surface area contributed by atoms with Crippen molar-refractivity contribution >= 4 is 23.4 Å². The van der Waals surface area contributed by atoms with Gasteiger partial charge in [-0.3, -0.25) is 9.69 Å². The molecule has 0 aliphatic carbocycles. The highest BCUT2D eigenvalue weighted by atomic mass is 35.5. The lowest BCUT2D eigenvalue weighted by atomic mass is 10.3. The van der Waals surface area contributed by atoms with E-state index < -0.39 is 5.82 Å². The van der Waals surface area contributed by atoms with Crippen LogP contribution in [0.2, 0.25) is 5.15 Å². The van der Waals surface area contributed by atoms with Gasteiger partial charge in [-0.15, -0.1) is 0 Å². The quantitative estimate of drug-likeness (QED) is 0.610. The first-order chi connectivity index (χ1) is 9.61. The van der Waals surface area contributed by atoms with Crippen molar-refractivity contribution in [3.05, 3.63) is 17.3 Å². The number of carbonyl (C=O) groups excluding carboxylic acids is 1. The topological polar surface area (TPSA) is 58.6 Å². The highest BCUT2D eigenvalue weighted by Crippen LogP contribution is 2.21. The molecule has 6 nitrogen and oxygen atoms in total. The smallest absolute Gasteiger partial charge is 0.320 e. The first-order valence-electron chi connectivity index (χ1n) is 6.40. The van der Waals surface area contributed by atoms with Gasteiger partial charge in [0.25, 0.3) is 0 Å². The predicted octanol–water partition coefficient (Wildman–Crippen LogP) is 0.954. The van der Waals surface area contributed by atoms with Crippen molar-refractivity contribution in [1.29, 1.82) is 0 Å². The lowest BCUT2D eigenvalue weighted by Gasteiger charge is -2.34. The van der Waals surface area contributed by atoms with Crippen molar-refractivity contribution < 1.29 is 13.9 Å². The van der Waals surface area contributed by atoms with Crippen molar-refractivity contribution in [3.63, 3.8) is 0 Å². The summed E-state index contributed by atoms with van der Waals surface area (Å²) < 4.78 is 18.7. The second kappa shape index (κ2) is 6.81. The highest BCUT2D eigenvalue weighted by Gasteiger charge is 2.23.